The van der Waals surface area contributed by atoms with E-state index >= 15 is 0 Å². The molecule has 148 valence electrons. The molecule has 0 saturated heterocycles. The fourth-order valence-corrected chi connectivity index (χ4v) is 3.27. The van der Waals surface area contributed by atoms with Gasteiger partial charge in [0.2, 0.25) is 5.91 Å². The largest absolute Gasteiger partial charge is 0.352 e. The summed E-state index contributed by atoms with van der Waals surface area (Å²) in [7, 11) is 0. The minimum absolute atomic E-state index is 0.111. The lowest BCUT2D eigenvalue weighted by Gasteiger charge is -2.20. The molecule has 3 amide bonds. The lowest BCUT2D eigenvalue weighted by atomic mass is 10.0. The van der Waals surface area contributed by atoms with Gasteiger partial charge in [0.15, 0.2) is 0 Å². The van der Waals surface area contributed by atoms with Crippen LogP contribution in [0.5, 0.6) is 0 Å². The van der Waals surface area contributed by atoms with Crippen LogP contribution in [-0.2, 0) is 4.79 Å². The van der Waals surface area contributed by atoms with Gasteiger partial charge >= 0.3 is 6.03 Å². The zero-order valence-corrected chi connectivity index (χ0v) is 16.3. The summed E-state index contributed by atoms with van der Waals surface area (Å²) in [6.07, 6.45) is 0.111. The molecule has 0 unspecified atom stereocenters. The molecule has 0 bridgehead atoms. The van der Waals surface area contributed by atoms with Crippen LogP contribution >= 0.6 is 0 Å². The van der Waals surface area contributed by atoms with Crippen LogP contribution in [0, 0.1) is 0 Å². The smallest absolute Gasteiger partial charge is 0.312 e. The van der Waals surface area contributed by atoms with Crippen LogP contribution < -0.4 is 16.4 Å². The third-order valence-corrected chi connectivity index (χ3v) is 4.80. The van der Waals surface area contributed by atoms with Gasteiger partial charge in [0.1, 0.15) is 0 Å². The van der Waals surface area contributed by atoms with Gasteiger partial charge in [0.05, 0.1) is 18.5 Å². The third-order valence-electron chi connectivity index (χ3n) is 4.80. The zero-order chi connectivity index (χ0) is 20.6. The molecular weight excluding hydrogens is 362 g/mol. The summed E-state index contributed by atoms with van der Waals surface area (Å²) in [5.74, 6) is -0.160. The Kier molecular flexibility index (Phi) is 6.63. The quantitative estimate of drug-likeness (QED) is 0.564. The molecule has 3 aromatic carbocycles. The molecule has 3 aromatic rings. The molecule has 4 N–H and O–H groups in total. The second-order valence-electron chi connectivity index (χ2n) is 6.95. The van der Waals surface area contributed by atoms with Crippen LogP contribution in [0.4, 0.5) is 4.79 Å². The van der Waals surface area contributed by atoms with E-state index in [1.165, 1.54) is 0 Å². The summed E-state index contributed by atoms with van der Waals surface area (Å²) < 4.78 is 0. The number of benzene rings is 3. The van der Waals surface area contributed by atoms with Gasteiger partial charge in [-0.2, -0.15) is 0 Å². The highest BCUT2D eigenvalue weighted by molar-refractivity contribution is 5.79. The van der Waals surface area contributed by atoms with E-state index in [9.17, 15) is 9.59 Å². The van der Waals surface area contributed by atoms with Crippen molar-refractivity contribution in [2.45, 2.75) is 25.4 Å². The molecule has 5 nitrogen and oxygen atoms in total. The van der Waals surface area contributed by atoms with Crippen molar-refractivity contribution in [3.8, 4) is 11.1 Å². The average molecular weight is 387 g/mol. The van der Waals surface area contributed by atoms with Crippen LogP contribution in [0.2, 0.25) is 0 Å². The Hall–Kier alpha value is -3.60. The van der Waals surface area contributed by atoms with Crippen LogP contribution in [0.3, 0.4) is 0 Å². The monoisotopic (exact) mass is 387 g/mol. The Bertz CT molecular complexity index is 941. The number of primary amides is 1. The summed E-state index contributed by atoms with van der Waals surface area (Å²) in [6.45, 7) is 1.94. The first kappa shape index (κ1) is 20.1. The van der Waals surface area contributed by atoms with Crippen molar-refractivity contribution < 1.29 is 9.59 Å². The molecule has 0 aliphatic rings. The van der Waals surface area contributed by atoms with Gasteiger partial charge in [-0.05, 0) is 29.2 Å². The van der Waals surface area contributed by atoms with Crippen LogP contribution in [-0.4, -0.2) is 11.9 Å². The molecule has 0 aromatic heterocycles. The van der Waals surface area contributed by atoms with Crippen molar-refractivity contribution in [1.82, 2.24) is 10.6 Å². The van der Waals surface area contributed by atoms with Crippen LogP contribution in [0.25, 0.3) is 11.1 Å². The number of nitrogens with one attached hydrogen (secondary N) is 2. The molecule has 0 spiro atoms. The van der Waals surface area contributed by atoms with Gasteiger partial charge in [-0.25, -0.2) is 4.79 Å². The summed E-state index contributed by atoms with van der Waals surface area (Å²) in [5, 5.41) is 5.64. The van der Waals surface area contributed by atoms with Gasteiger partial charge in [-0.1, -0.05) is 84.9 Å². The molecule has 0 heterocycles. The van der Waals surface area contributed by atoms with Gasteiger partial charge in [0.25, 0.3) is 0 Å². The molecule has 0 radical (unpaired) electrons. The maximum absolute atomic E-state index is 12.6. The second kappa shape index (κ2) is 9.55. The molecule has 0 saturated carbocycles. The standard InChI is InChI=1S/C24H25N3O2/c1-17(18-12-14-20(15-13-18)19-8-4-2-5-9-19)26-23(28)16-22(27-24(25)29)21-10-6-3-7-11-21/h2-15,17,22H,16H2,1H3,(H,26,28)(H3,25,27,29)/t17-,22-/m1/s1. The number of amides is 3. The number of hydrogen-bond donors (Lipinski definition) is 3. The van der Waals surface area contributed by atoms with Crippen LogP contribution in [0.1, 0.15) is 36.6 Å². The highest BCUT2D eigenvalue weighted by Crippen LogP contribution is 2.22. The number of carbonyl (C=O) groups excluding carboxylic acids is 2. The first-order valence-corrected chi connectivity index (χ1v) is 9.58. The second-order valence-corrected chi connectivity index (χ2v) is 6.95. The van der Waals surface area contributed by atoms with E-state index in [4.69, 9.17) is 5.73 Å². The van der Waals surface area contributed by atoms with Crippen molar-refractivity contribution in [2.24, 2.45) is 5.73 Å². The molecule has 29 heavy (non-hydrogen) atoms. The Morgan fingerprint density at radius 2 is 1.31 bits per heavy atom. The number of nitrogens with two attached hydrogens (primary N) is 1. The van der Waals surface area contributed by atoms with Crippen molar-refractivity contribution >= 4 is 11.9 Å². The SMILES string of the molecule is C[C@@H](NC(=O)C[C@@H](NC(N)=O)c1ccccc1)c1ccc(-c2ccccc2)cc1. The highest BCUT2D eigenvalue weighted by atomic mass is 16.2. The Balaban J connectivity index is 1.64. The molecular formula is C24H25N3O2. The summed E-state index contributed by atoms with van der Waals surface area (Å²) >= 11 is 0. The Morgan fingerprint density at radius 1 is 0.759 bits per heavy atom. The highest BCUT2D eigenvalue weighted by Gasteiger charge is 2.19. The lowest BCUT2D eigenvalue weighted by molar-refractivity contribution is -0.122. The zero-order valence-electron chi connectivity index (χ0n) is 16.3. The third kappa shape index (κ3) is 5.69. The molecule has 0 aliphatic heterocycles. The predicted molar refractivity (Wildman–Crippen MR) is 115 cm³/mol. The number of hydrogen-bond acceptors (Lipinski definition) is 2. The molecule has 5 heteroatoms. The number of rotatable bonds is 7. The van der Waals surface area contributed by atoms with E-state index in [1.807, 2.05) is 67.6 Å². The average Bonchev–Trinajstić information content (AvgIpc) is 2.74. The minimum atomic E-state index is -0.656. The van der Waals surface area contributed by atoms with Gasteiger partial charge in [0, 0.05) is 0 Å². The lowest BCUT2D eigenvalue weighted by Crippen LogP contribution is -2.37. The van der Waals surface area contributed by atoms with Crippen molar-refractivity contribution in [3.63, 3.8) is 0 Å². The predicted octanol–water partition coefficient (Wildman–Crippen LogP) is 4.33. The molecule has 3 rings (SSSR count). The molecule has 2 atom stereocenters. The first-order chi connectivity index (χ1) is 14.0. The topological polar surface area (TPSA) is 84.2 Å². The van der Waals surface area contributed by atoms with E-state index in [1.54, 1.807) is 0 Å². The minimum Gasteiger partial charge on any atom is -0.352 e. The first-order valence-electron chi connectivity index (χ1n) is 9.58. The maximum atomic E-state index is 12.6. The fourth-order valence-electron chi connectivity index (χ4n) is 3.27. The van der Waals surface area contributed by atoms with E-state index < -0.39 is 12.1 Å². The fraction of sp³-hybridized carbons (Fsp3) is 0.167. The van der Waals surface area contributed by atoms with Crippen LogP contribution in [0.15, 0.2) is 84.9 Å². The summed E-state index contributed by atoms with van der Waals surface area (Å²) in [6, 6.07) is 26.3. The van der Waals surface area contributed by atoms with Crippen molar-refractivity contribution in [3.05, 3.63) is 96.1 Å². The summed E-state index contributed by atoms with van der Waals surface area (Å²) in [4.78, 5) is 23.9. The van der Waals surface area contributed by atoms with Crippen molar-refractivity contribution in [1.29, 1.82) is 0 Å². The van der Waals surface area contributed by atoms with E-state index in [0.717, 1.165) is 22.3 Å². The number of carbonyl (C=O) groups is 2. The normalized spacial score (nSPS) is 12.6. The van der Waals surface area contributed by atoms with Gasteiger partial charge < -0.3 is 16.4 Å². The Morgan fingerprint density at radius 3 is 1.90 bits per heavy atom. The van der Waals surface area contributed by atoms with E-state index in [0.29, 0.717) is 0 Å². The van der Waals surface area contributed by atoms with E-state index in [-0.39, 0.29) is 18.4 Å². The molecule has 0 aliphatic carbocycles. The summed E-state index contributed by atoms with van der Waals surface area (Å²) in [5.41, 5.74) is 9.40. The van der Waals surface area contributed by atoms with Crippen molar-refractivity contribution in [2.75, 3.05) is 0 Å². The number of urea groups is 1. The Labute approximate surface area is 170 Å². The maximum Gasteiger partial charge on any atom is 0.312 e. The van der Waals surface area contributed by atoms with Gasteiger partial charge in [-0.3, -0.25) is 4.79 Å². The van der Waals surface area contributed by atoms with E-state index in [2.05, 4.69) is 34.9 Å². The van der Waals surface area contributed by atoms with Gasteiger partial charge in [-0.15, -0.1) is 0 Å². The molecule has 0 fully saturated rings.